The highest BCUT2D eigenvalue weighted by Crippen LogP contribution is 2.19. The van der Waals surface area contributed by atoms with E-state index in [2.05, 4.69) is 35.5 Å². The normalized spacial score (nSPS) is 16.9. The first-order chi connectivity index (χ1) is 15.4. The number of unbranched alkanes of at least 4 members (excludes halogenated alkanes) is 2. The Bertz CT molecular complexity index is 817. The summed E-state index contributed by atoms with van der Waals surface area (Å²) in [7, 11) is 1.51. The van der Waals surface area contributed by atoms with Crippen molar-refractivity contribution in [2.24, 2.45) is 5.92 Å². The number of likely N-dealkylation sites (N-methyl/N-ethyl adjacent to an activating group) is 1. The van der Waals surface area contributed by atoms with Crippen molar-refractivity contribution >= 4 is 42.3 Å². The fourth-order valence-electron chi connectivity index (χ4n) is 3.60. The van der Waals surface area contributed by atoms with Crippen molar-refractivity contribution in [3.63, 3.8) is 0 Å². The first-order valence-corrected chi connectivity index (χ1v) is 11.8. The molecule has 2 rings (SSSR count). The molecule has 1 aliphatic heterocycles. The van der Waals surface area contributed by atoms with E-state index in [1.807, 2.05) is 0 Å². The minimum absolute atomic E-state index is 0.181. The van der Waals surface area contributed by atoms with Crippen molar-refractivity contribution in [3.8, 4) is 0 Å². The van der Waals surface area contributed by atoms with E-state index in [1.165, 1.54) is 18.4 Å². The van der Waals surface area contributed by atoms with Gasteiger partial charge in [-0.2, -0.15) is 12.6 Å². The van der Waals surface area contributed by atoms with Gasteiger partial charge in [0, 0.05) is 31.3 Å². The van der Waals surface area contributed by atoms with Gasteiger partial charge in [0.1, 0.15) is 6.04 Å². The molecule has 0 aromatic heterocycles. The van der Waals surface area contributed by atoms with Crippen LogP contribution < -0.4 is 16.0 Å². The summed E-state index contributed by atoms with van der Waals surface area (Å²) < 4.78 is 0. The van der Waals surface area contributed by atoms with Crippen LogP contribution in [0.25, 0.3) is 0 Å². The van der Waals surface area contributed by atoms with E-state index in [0.29, 0.717) is 12.2 Å². The van der Waals surface area contributed by atoms with Crippen molar-refractivity contribution in [1.82, 2.24) is 15.5 Å². The van der Waals surface area contributed by atoms with E-state index >= 15 is 0 Å². The Morgan fingerprint density at radius 3 is 2.75 bits per heavy atom. The maximum Gasteiger partial charge on any atom is 0.255 e. The number of piperidine rings is 1. The highest BCUT2D eigenvalue weighted by molar-refractivity contribution is 7.80. The highest BCUT2D eigenvalue weighted by atomic mass is 32.1. The van der Waals surface area contributed by atoms with E-state index in [1.54, 1.807) is 18.2 Å². The van der Waals surface area contributed by atoms with Crippen LogP contribution in [-0.4, -0.2) is 67.4 Å². The van der Waals surface area contributed by atoms with Crippen LogP contribution in [0.1, 0.15) is 59.7 Å². The third kappa shape index (κ3) is 7.63. The third-order valence-electron chi connectivity index (χ3n) is 5.57. The minimum atomic E-state index is -0.733. The Kier molecular flexibility index (Phi) is 10.7. The lowest BCUT2D eigenvalue weighted by Gasteiger charge is -2.30. The smallest absolute Gasteiger partial charge is 0.255 e. The molecule has 0 bridgehead atoms. The van der Waals surface area contributed by atoms with E-state index in [4.69, 9.17) is 0 Å². The van der Waals surface area contributed by atoms with E-state index in [0.717, 1.165) is 43.9 Å². The molecule has 2 atom stereocenters. The summed E-state index contributed by atoms with van der Waals surface area (Å²) in [6, 6.07) is 4.27. The minimum Gasteiger partial charge on any atom is -0.385 e. The first kappa shape index (κ1) is 25.9. The SMILES string of the molecule is CC(CNCCCCCS)CNc1ccc(C(=O)N(C)C2CCC(=O)NC2=O)c(C=O)c1. The van der Waals surface area contributed by atoms with Gasteiger partial charge in [-0.3, -0.25) is 24.5 Å². The lowest BCUT2D eigenvalue weighted by molar-refractivity contribution is -0.136. The fraction of sp³-hybridized carbons (Fsp3) is 0.565. The maximum absolute atomic E-state index is 12.9. The van der Waals surface area contributed by atoms with Gasteiger partial charge in [0.25, 0.3) is 5.91 Å². The van der Waals surface area contributed by atoms with E-state index in [9.17, 15) is 19.2 Å². The molecular weight excluding hydrogens is 428 g/mol. The number of imide groups is 1. The monoisotopic (exact) mass is 462 g/mol. The second kappa shape index (κ2) is 13.2. The third-order valence-corrected chi connectivity index (χ3v) is 5.88. The fourth-order valence-corrected chi connectivity index (χ4v) is 3.82. The van der Waals surface area contributed by atoms with Crippen molar-refractivity contribution in [1.29, 1.82) is 0 Å². The molecule has 0 radical (unpaired) electrons. The van der Waals surface area contributed by atoms with Crippen LogP contribution in [0, 0.1) is 5.92 Å². The number of anilines is 1. The summed E-state index contributed by atoms with van der Waals surface area (Å²) in [4.78, 5) is 49.3. The van der Waals surface area contributed by atoms with Gasteiger partial charge in [-0.25, -0.2) is 0 Å². The van der Waals surface area contributed by atoms with Crippen molar-refractivity contribution in [2.45, 2.75) is 45.1 Å². The maximum atomic E-state index is 12.9. The predicted octanol–water partition coefficient (Wildman–Crippen LogP) is 2.11. The Hall–Kier alpha value is -2.39. The summed E-state index contributed by atoms with van der Waals surface area (Å²) in [6.07, 6.45) is 4.56. The number of nitrogens with one attached hydrogen (secondary N) is 3. The molecule has 1 aliphatic rings. The molecule has 2 unspecified atom stereocenters. The summed E-state index contributed by atoms with van der Waals surface area (Å²) in [5, 5.41) is 9.02. The molecule has 8 nitrogen and oxygen atoms in total. The number of hydrogen-bond acceptors (Lipinski definition) is 7. The average molecular weight is 463 g/mol. The highest BCUT2D eigenvalue weighted by Gasteiger charge is 2.33. The number of hydrogen-bond donors (Lipinski definition) is 4. The Balaban J connectivity index is 1.90. The molecule has 176 valence electrons. The van der Waals surface area contributed by atoms with Crippen molar-refractivity contribution in [3.05, 3.63) is 29.3 Å². The summed E-state index contributed by atoms with van der Waals surface area (Å²) in [5.74, 6) is 0.0604. The van der Waals surface area contributed by atoms with Gasteiger partial charge in [-0.15, -0.1) is 0 Å². The standard InChI is InChI=1S/C23H34N4O4S/c1-16(13-24-10-4-3-5-11-32)14-25-18-6-7-19(17(12-18)15-28)23(31)27(2)20-8-9-21(29)26-22(20)30/h6-7,12,15-16,20,24-25,32H,3-5,8-11,13-14H2,1-2H3,(H,26,29,30). The zero-order valence-electron chi connectivity index (χ0n) is 18.9. The van der Waals surface area contributed by atoms with Gasteiger partial charge in [-0.1, -0.05) is 13.3 Å². The second-order valence-electron chi connectivity index (χ2n) is 8.28. The van der Waals surface area contributed by atoms with Crippen LogP contribution in [0.5, 0.6) is 0 Å². The van der Waals surface area contributed by atoms with Gasteiger partial charge >= 0.3 is 0 Å². The lowest BCUT2D eigenvalue weighted by atomic mass is 10.0. The summed E-state index contributed by atoms with van der Waals surface area (Å²) in [6.45, 7) is 4.75. The molecule has 1 aromatic rings. The summed E-state index contributed by atoms with van der Waals surface area (Å²) in [5.41, 5.74) is 1.25. The second-order valence-corrected chi connectivity index (χ2v) is 8.72. The van der Waals surface area contributed by atoms with Crippen LogP contribution in [0.4, 0.5) is 5.69 Å². The number of rotatable bonds is 13. The van der Waals surface area contributed by atoms with Crippen LogP contribution >= 0.6 is 12.6 Å². The molecule has 0 aliphatic carbocycles. The number of carbonyl (C=O) groups is 4. The molecular formula is C23H34N4O4S. The zero-order chi connectivity index (χ0) is 23.5. The number of amides is 3. The molecule has 1 saturated heterocycles. The van der Waals surface area contributed by atoms with Gasteiger partial charge in [0.2, 0.25) is 11.8 Å². The largest absolute Gasteiger partial charge is 0.385 e. The zero-order valence-corrected chi connectivity index (χ0v) is 19.7. The van der Waals surface area contributed by atoms with Crippen LogP contribution in [-0.2, 0) is 9.59 Å². The predicted molar refractivity (Wildman–Crippen MR) is 128 cm³/mol. The molecule has 1 heterocycles. The van der Waals surface area contributed by atoms with Crippen molar-refractivity contribution < 1.29 is 19.2 Å². The topological polar surface area (TPSA) is 108 Å². The van der Waals surface area contributed by atoms with E-state index < -0.39 is 17.9 Å². The van der Waals surface area contributed by atoms with Crippen LogP contribution in [0.15, 0.2) is 18.2 Å². The molecule has 3 amide bonds. The van der Waals surface area contributed by atoms with Crippen LogP contribution in [0.3, 0.4) is 0 Å². The molecule has 32 heavy (non-hydrogen) atoms. The van der Waals surface area contributed by atoms with E-state index in [-0.39, 0.29) is 29.9 Å². The molecule has 0 saturated carbocycles. The number of carbonyl (C=O) groups excluding carboxylic acids is 4. The molecule has 1 fully saturated rings. The number of nitrogens with zero attached hydrogens (tertiary/aromatic N) is 1. The first-order valence-electron chi connectivity index (χ1n) is 11.1. The van der Waals surface area contributed by atoms with Gasteiger partial charge in [-0.05, 0) is 62.2 Å². The number of thiol groups is 1. The summed E-state index contributed by atoms with van der Waals surface area (Å²) >= 11 is 4.21. The Labute approximate surface area is 195 Å². The van der Waals surface area contributed by atoms with Gasteiger partial charge in [0.15, 0.2) is 6.29 Å². The Morgan fingerprint density at radius 2 is 2.06 bits per heavy atom. The molecule has 1 aromatic carbocycles. The van der Waals surface area contributed by atoms with Gasteiger partial charge < -0.3 is 15.5 Å². The number of aldehydes is 1. The van der Waals surface area contributed by atoms with Gasteiger partial charge in [0.05, 0.1) is 5.56 Å². The lowest BCUT2D eigenvalue weighted by Crippen LogP contribution is -2.53. The molecule has 0 spiro atoms. The quantitative estimate of drug-likeness (QED) is 0.155. The van der Waals surface area contributed by atoms with Crippen LogP contribution in [0.2, 0.25) is 0 Å². The number of benzene rings is 1. The average Bonchev–Trinajstić information content (AvgIpc) is 2.78. The molecule has 9 heteroatoms. The molecule has 3 N–H and O–H groups in total. The Morgan fingerprint density at radius 1 is 1.28 bits per heavy atom. The van der Waals surface area contributed by atoms with Crippen molar-refractivity contribution in [2.75, 3.05) is 37.8 Å².